The zero-order valence-corrected chi connectivity index (χ0v) is 28.1. The Kier molecular flexibility index (Phi) is 13.3. The van der Waals surface area contributed by atoms with Crippen LogP contribution in [0, 0.1) is 46.3 Å². The molecule has 0 bridgehead atoms. The number of carbonyl (C=O) groups excluding carboxylic acids is 1. The number of fused-ring (bicyclic) bond motifs is 5. The lowest BCUT2D eigenvalue weighted by Crippen LogP contribution is -2.54. The minimum Gasteiger partial charge on any atom is -0.374 e. The van der Waals surface area contributed by atoms with Crippen LogP contribution < -0.4 is 11.1 Å². The highest BCUT2D eigenvalue weighted by molar-refractivity contribution is 5.75. The molecule has 0 heterocycles. The number of unbranched alkanes of at least 4 members (excludes halogenated alkanes) is 6. The van der Waals surface area contributed by atoms with Crippen LogP contribution in [0.5, 0.6) is 0 Å². The van der Waals surface area contributed by atoms with E-state index in [0.29, 0.717) is 29.3 Å². The van der Waals surface area contributed by atoms with Crippen molar-refractivity contribution in [2.75, 3.05) is 19.7 Å². The van der Waals surface area contributed by atoms with Gasteiger partial charge in [0.1, 0.15) is 0 Å². The first kappa shape index (κ1) is 34.0. The summed E-state index contributed by atoms with van der Waals surface area (Å²) < 4.78 is 6.38. The van der Waals surface area contributed by atoms with E-state index in [0.717, 1.165) is 68.5 Å². The van der Waals surface area contributed by atoms with Crippen molar-refractivity contribution in [1.82, 2.24) is 5.32 Å². The lowest BCUT2D eigenvalue weighted by atomic mass is 9.44. The van der Waals surface area contributed by atoms with Crippen LogP contribution in [0.1, 0.15) is 150 Å². The van der Waals surface area contributed by atoms with Crippen molar-refractivity contribution in [3.8, 4) is 0 Å². The summed E-state index contributed by atoms with van der Waals surface area (Å²) >= 11 is 0. The van der Waals surface area contributed by atoms with E-state index in [4.69, 9.17) is 10.5 Å². The molecule has 42 heavy (non-hydrogen) atoms. The first-order valence-corrected chi connectivity index (χ1v) is 18.6. The highest BCUT2D eigenvalue weighted by atomic mass is 16.5. The lowest BCUT2D eigenvalue weighted by Gasteiger charge is -2.61. The molecule has 4 rings (SSSR count). The quantitative estimate of drug-likeness (QED) is 0.132. The van der Waals surface area contributed by atoms with Crippen LogP contribution in [0.25, 0.3) is 0 Å². The molecule has 4 aliphatic rings. The second-order valence-corrected chi connectivity index (χ2v) is 15.7. The highest BCUT2D eigenvalue weighted by Gasteiger charge is 2.60. The van der Waals surface area contributed by atoms with Crippen LogP contribution in [0.4, 0.5) is 0 Å². The second-order valence-electron chi connectivity index (χ2n) is 15.7. The number of nitrogens with one attached hydrogen (secondary N) is 1. The molecule has 0 aromatic heterocycles. The minimum atomic E-state index is 0.269. The number of ether oxygens (including phenoxy) is 1. The molecule has 4 heteroatoms. The maximum Gasteiger partial charge on any atom is 0.220 e. The monoisotopic (exact) mass is 585 g/mol. The normalized spacial score (nSPS) is 36.8. The molecule has 0 aromatic carbocycles. The summed E-state index contributed by atoms with van der Waals surface area (Å²) in [6.45, 7) is 12.5. The van der Waals surface area contributed by atoms with E-state index in [1.807, 2.05) is 0 Å². The topological polar surface area (TPSA) is 64.3 Å². The smallest absolute Gasteiger partial charge is 0.220 e. The summed E-state index contributed by atoms with van der Waals surface area (Å²) in [5, 5.41) is 3.20. The number of carbonyl (C=O) groups is 1. The summed E-state index contributed by atoms with van der Waals surface area (Å²) in [7, 11) is 0. The van der Waals surface area contributed by atoms with Crippen molar-refractivity contribution in [1.29, 1.82) is 0 Å². The van der Waals surface area contributed by atoms with Crippen molar-refractivity contribution >= 4 is 5.91 Å². The maximum absolute atomic E-state index is 12.6. The van der Waals surface area contributed by atoms with E-state index in [9.17, 15) is 4.79 Å². The summed E-state index contributed by atoms with van der Waals surface area (Å²) in [6, 6.07) is 0. The molecule has 3 N–H and O–H groups in total. The number of amides is 1. The fourth-order valence-electron chi connectivity index (χ4n) is 10.7. The van der Waals surface area contributed by atoms with Crippen molar-refractivity contribution < 1.29 is 9.53 Å². The Morgan fingerprint density at radius 2 is 1.69 bits per heavy atom. The number of hydrogen-bond acceptors (Lipinski definition) is 3. The first-order valence-electron chi connectivity index (χ1n) is 18.6. The molecule has 0 aromatic rings. The molecule has 0 unspecified atom stereocenters. The molecular formula is C38H68N2O2. The Bertz CT molecular complexity index is 843. The van der Waals surface area contributed by atoms with E-state index < -0.39 is 0 Å². The van der Waals surface area contributed by atoms with Gasteiger partial charge in [0.05, 0.1) is 12.7 Å². The molecule has 4 saturated carbocycles. The van der Waals surface area contributed by atoms with Crippen LogP contribution >= 0.6 is 0 Å². The van der Waals surface area contributed by atoms with Gasteiger partial charge >= 0.3 is 0 Å². The van der Waals surface area contributed by atoms with Gasteiger partial charge in [-0.15, -0.1) is 0 Å². The van der Waals surface area contributed by atoms with E-state index in [-0.39, 0.29) is 5.91 Å². The molecule has 0 radical (unpaired) electrons. The third kappa shape index (κ3) is 8.23. The zero-order chi connectivity index (χ0) is 30.0. The van der Waals surface area contributed by atoms with Gasteiger partial charge in [-0.3, -0.25) is 4.79 Å². The first-order chi connectivity index (χ1) is 20.3. The van der Waals surface area contributed by atoms with Gasteiger partial charge in [0, 0.05) is 13.0 Å². The summed E-state index contributed by atoms with van der Waals surface area (Å²) in [5.41, 5.74) is 6.58. The average Bonchev–Trinajstić information content (AvgIpc) is 3.34. The zero-order valence-electron chi connectivity index (χ0n) is 28.1. The number of rotatable bonds is 17. The standard InChI is InChI=1S/C38H68N2O2/c1-5-6-7-11-14-27-42-31-21-23-37(3)30(28-31)16-17-32-34-19-18-33(38(34,4)24-22-35(32)37)29(2)15-20-36(41)40-26-13-10-8-9-12-25-39/h11,14,29-35H,5-10,12-13,15-28,39H2,1-4H3,(H,40,41)/b14-11+/t29-,30-,31-,32+,33-,34+,35+,37+,38-/m1/s1. The van der Waals surface area contributed by atoms with Crippen LogP contribution in [-0.4, -0.2) is 31.7 Å². The van der Waals surface area contributed by atoms with E-state index >= 15 is 0 Å². The van der Waals surface area contributed by atoms with Gasteiger partial charge in [0.25, 0.3) is 0 Å². The molecule has 4 fully saturated rings. The van der Waals surface area contributed by atoms with E-state index in [1.54, 1.807) is 0 Å². The van der Waals surface area contributed by atoms with Gasteiger partial charge < -0.3 is 15.8 Å². The molecule has 242 valence electrons. The molecule has 0 spiro atoms. The maximum atomic E-state index is 12.6. The summed E-state index contributed by atoms with van der Waals surface area (Å²) in [5.74, 6) is 5.30. The Morgan fingerprint density at radius 3 is 2.50 bits per heavy atom. The van der Waals surface area contributed by atoms with E-state index in [1.165, 1.54) is 96.3 Å². The Balaban J connectivity index is 1.22. The largest absolute Gasteiger partial charge is 0.374 e. The number of allylic oxidation sites excluding steroid dienone is 1. The summed E-state index contributed by atoms with van der Waals surface area (Å²) in [4.78, 5) is 12.6. The molecule has 0 aliphatic heterocycles. The van der Waals surface area contributed by atoms with Crippen LogP contribution in [-0.2, 0) is 9.53 Å². The fourth-order valence-corrected chi connectivity index (χ4v) is 10.7. The van der Waals surface area contributed by atoms with Crippen LogP contribution in [0.3, 0.4) is 0 Å². The number of hydrogen-bond donors (Lipinski definition) is 2. The predicted octanol–water partition coefficient (Wildman–Crippen LogP) is 9.22. The van der Waals surface area contributed by atoms with Gasteiger partial charge in [-0.2, -0.15) is 0 Å². The van der Waals surface area contributed by atoms with Crippen LogP contribution in [0.15, 0.2) is 12.2 Å². The molecule has 1 amide bonds. The lowest BCUT2D eigenvalue weighted by molar-refractivity contribution is -0.135. The molecule has 4 nitrogen and oxygen atoms in total. The third-order valence-electron chi connectivity index (χ3n) is 13.2. The Morgan fingerprint density at radius 1 is 0.929 bits per heavy atom. The average molecular weight is 585 g/mol. The Hall–Kier alpha value is -0.870. The molecule has 4 aliphatic carbocycles. The fraction of sp³-hybridized carbons (Fsp3) is 0.921. The van der Waals surface area contributed by atoms with Crippen molar-refractivity contribution in [2.45, 2.75) is 156 Å². The van der Waals surface area contributed by atoms with Gasteiger partial charge in [-0.05, 0) is 136 Å². The number of nitrogens with two attached hydrogens (primary N) is 1. The van der Waals surface area contributed by atoms with Gasteiger partial charge in [-0.25, -0.2) is 0 Å². The van der Waals surface area contributed by atoms with Crippen molar-refractivity contribution in [2.24, 2.45) is 52.1 Å². The van der Waals surface area contributed by atoms with Crippen molar-refractivity contribution in [3.63, 3.8) is 0 Å². The third-order valence-corrected chi connectivity index (χ3v) is 13.2. The highest BCUT2D eigenvalue weighted by Crippen LogP contribution is 2.68. The van der Waals surface area contributed by atoms with Gasteiger partial charge in [0.2, 0.25) is 5.91 Å². The van der Waals surface area contributed by atoms with Crippen molar-refractivity contribution in [3.05, 3.63) is 12.2 Å². The summed E-state index contributed by atoms with van der Waals surface area (Å²) in [6.07, 6.45) is 28.9. The van der Waals surface area contributed by atoms with Gasteiger partial charge in [-0.1, -0.05) is 72.0 Å². The molecule has 9 atom stereocenters. The molecular weight excluding hydrogens is 516 g/mol. The second kappa shape index (κ2) is 16.4. The van der Waals surface area contributed by atoms with E-state index in [2.05, 4.69) is 45.2 Å². The molecule has 0 saturated heterocycles. The Labute approximate surface area is 260 Å². The minimum absolute atomic E-state index is 0.269. The van der Waals surface area contributed by atoms with Gasteiger partial charge in [0.15, 0.2) is 0 Å². The van der Waals surface area contributed by atoms with Crippen LogP contribution in [0.2, 0.25) is 0 Å². The SMILES string of the molecule is CCCC/C=C/CO[C@@H]1CC[C@@]2(C)[C@H](CC[C@@H]3[C@@H]2CC[C@]2(C)[C@@H]([C@H](C)CCC(=O)NCCCCCCCN)CC[C@@H]32)C1. The predicted molar refractivity (Wildman–Crippen MR) is 177 cm³/mol.